The second kappa shape index (κ2) is 17.0. The maximum atomic E-state index is 12.8. The van der Waals surface area contributed by atoms with Crippen LogP contribution in [0, 0.1) is 5.92 Å². The van der Waals surface area contributed by atoms with E-state index in [9.17, 15) is 14.4 Å². The van der Waals surface area contributed by atoms with Crippen LogP contribution in [-0.2, 0) is 25.5 Å². The third-order valence-corrected chi connectivity index (χ3v) is 7.74. The van der Waals surface area contributed by atoms with Crippen LogP contribution in [0.25, 0.3) is 11.1 Å². The summed E-state index contributed by atoms with van der Waals surface area (Å²) in [7, 11) is 1.86. The van der Waals surface area contributed by atoms with E-state index in [0.29, 0.717) is 25.4 Å². The summed E-state index contributed by atoms with van der Waals surface area (Å²) in [5, 5.41) is 3.20. The fourth-order valence-electron chi connectivity index (χ4n) is 5.20. The monoisotopic (exact) mass is 609 g/mol. The first-order valence-electron chi connectivity index (χ1n) is 15.8. The van der Waals surface area contributed by atoms with Gasteiger partial charge in [-0.15, -0.1) is 0 Å². The van der Waals surface area contributed by atoms with Crippen molar-refractivity contribution in [2.75, 3.05) is 39.8 Å². The van der Waals surface area contributed by atoms with Crippen molar-refractivity contribution in [2.24, 2.45) is 5.92 Å². The molecular weight excluding hydrogens is 558 g/mol. The highest BCUT2D eigenvalue weighted by molar-refractivity contribution is 5.82. The van der Waals surface area contributed by atoms with E-state index in [2.05, 4.69) is 46.5 Å². The zero-order valence-corrected chi connectivity index (χ0v) is 27.3. The van der Waals surface area contributed by atoms with Crippen molar-refractivity contribution in [3.8, 4) is 16.9 Å². The molecule has 2 saturated heterocycles. The molecule has 2 amide bonds. The van der Waals surface area contributed by atoms with Crippen molar-refractivity contribution in [3.63, 3.8) is 0 Å². The Bertz CT molecular complexity index is 1160. The Kier molecular flexibility index (Phi) is 13.5. The molecule has 1 unspecified atom stereocenters. The van der Waals surface area contributed by atoms with Crippen molar-refractivity contribution < 1.29 is 28.6 Å². The Labute approximate surface area is 263 Å². The van der Waals surface area contributed by atoms with Crippen molar-refractivity contribution >= 4 is 18.5 Å². The van der Waals surface area contributed by atoms with Crippen LogP contribution in [0.3, 0.4) is 0 Å². The molecule has 242 valence electrons. The van der Waals surface area contributed by atoms with Crippen LogP contribution in [0.15, 0.2) is 48.5 Å². The number of ether oxygens (including phenoxy) is 3. The number of nitrogens with one attached hydrogen (secondary N) is 1. The van der Waals surface area contributed by atoms with E-state index in [1.807, 2.05) is 58.7 Å². The first-order valence-corrected chi connectivity index (χ1v) is 15.8. The van der Waals surface area contributed by atoms with E-state index in [1.54, 1.807) is 4.90 Å². The maximum absolute atomic E-state index is 12.8. The highest BCUT2D eigenvalue weighted by atomic mass is 16.6. The van der Waals surface area contributed by atoms with Crippen LogP contribution in [0.4, 0.5) is 4.79 Å². The average Bonchev–Trinajstić information content (AvgIpc) is 3.54. The molecule has 0 saturated carbocycles. The van der Waals surface area contributed by atoms with E-state index < -0.39 is 0 Å². The van der Waals surface area contributed by atoms with Gasteiger partial charge in [0.05, 0.1) is 18.8 Å². The van der Waals surface area contributed by atoms with Gasteiger partial charge in [0, 0.05) is 26.2 Å². The lowest BCUT2D eigenvalue weighted by Crippen LogP contribution is -2.45. The number of carbonyl (C=O) groups is 3. The van der Waals surface area contributed by atoms with E-state index in [1.165, 1.54) is 0 Å². The molecule has 1 atom stereocenters. The summed E-state index contributed by atoms with van der Waals surface area (Å²) in [5.74, 6) is 1.51. The number of rotatable bonds is 10. The van der Waals surface area contributed by atoms with Crippen molar-refractivity contribution in [1.82, 2.24) is 15.1 Å². The third-order valence-electron chi connectivity index (χ3n) is 7.74. The topological polar surface area (TPSA) is 97.4 Å². The molecule has 0 aromatic heterocycles. The molecule has 44 heavy (non-hydrogen) atoms. The molecule has 2 aliphatic rings. The largest absolute Gasteiger partial charge is 0.493 e. The van der Waals surface area contributed by atoms with Gasteiger partial charge in [-0.05, 0) is 109 Å². The van der Waals surface area contributed by atoms with Gasteiger partial charge in [0.1, 0.15) is 11.4 Å². The van der Waals surface area contributed by atoms with E-state index >= 15 is 0 Å². The van der Waals surface area contributed by atoms with Gasteiger partial charge >= 0.3 is 6.09 Å². The second-order valence-electron chi connectivity index (χ2n) is 12.8. The summed E-state index contributed by atoms with van der Waals surface area (Å²) in [6.07, 6.45) is 4.46. The molecule has 9 heteroatoms. The summed E-state index contributed by atoms with van der Waals surface area (Å²) < 4.78 is 15.9. The summed E-state index contributed by atoms with van der Waals surface area (Å²) in [6.45, 7) is 13.5. The minimum absolute atomic E-state index is 0.0875. The summed E-state index contributed by atoms with van der Waals surface area (Å²) in [6, 6.07) is 16.5. The molecule has 1 N–H and O–H groups in total. The number of nitrogens with zero attached hydrogens (tertiary/aromatic N) is 2. The van der Waals surface area contributed by atoms with Gasteiger partial charge in [0.15, 0.2) is 0 Å². The van der Waals surface area contributed by atoms with Crippen LogP contribution in [0.1, 0.15) is 65.9 Å². The molecule has 0 aliphatic carbocycles. The van der Waals surface area contributed by atoms with Crippen LogP contribution in [-0.4, -0.2) is 85.9 Å². The number of amides is 2. The molecule has 0 bridgehead atoms. The molecule has 2 aromatic carbocycles. The normalized spacial score (nSPS) is 16.2. The minimum Gasteiger partial charge on any atom is -0.493 e. The highest BCUT2D eigenvalue weighted by Crippen LogP contribution is 2.25. The van der Waals surface area contributed by atoms with Gasteiger partial charge in [0.25, 0.3) is 6.47 Å². The van der Waals surface area contributed by atoms with Crippen LogP contribution < -0.4 is 10.1 Å². The Hall–Kier alpha value is -3.59. The van der Waals surface area contributed by atoms with Gasteiger partial charge < -0.3 is 29.3 Å². The van der Waals surface area contributed by atoms with Crippen molar-refractivity contribution in [2.45, 2.75) is 84.5 Å². The molecule has 2 fully saturated rings. The maximum Gasteiger partial charge on any atom is 0.410 e. The number of piperidine rings is 1. The Morgan fingerprint density at radius 3 is 1.95 bits per heavy atom. The fraction of sp³-hybridized carbons (Fsp3) is 0.571. The standard InChI is InChI=1S/C30H41N3O4.C5H10O2/c1-22(2)37-30(35)33-18-14-24(15-19-33)21-36-27-12-10-26(11-13-27)25-8-6-23(7-9-25)20-28(31-3)29(34)32-16-4-5-17-32;1-5(2,3)7-4-6/h6-13,22,24,28,31H,4-5,14-21H2,1-3H3;4H,1-3H3. The lowest BCUT2D eigenvalue weighted by atomic mass is 9.98. The number of benzene rings is 2. The van der Waals surface area contributed by atoms with E-state index in [-0.39, 0.29) is 29.7 Å². The minimum atomic E-state index is -0.318. The average molecular weight is 610 g/mol. The Morgan fingerprint density at radius 2 is 1.48 bits per heavy atom. The number of likely N-dealkylation sites (N-methyl/N-ethyl adjacent to an activating group) is 1. The van der Waals surface area contributed by atoms with Gasteiger partial charge in [0.2, 0.25) is 5.91 Å². The molecule has 2 heterocycles. The van der Waals surface area contributed by atoms with Crippen LogP contribution >= 0.6 is 0 Å². The predicted octanol–water partition coefficient (Wildman–Crippen LogP) is 5.70. The van der Waals surface area contributed by atoms with Crippen molar-refractivity contribution in [3.05, 3.63) is 54.1 Å². The number of hydrogen-bond acceptors (Lipinski definition) is 7. The zero-order valence-electron chi connectivity index (χ0n) is 27.3. The lowest BCUT2D eigenvalue weighted by Gasteiger charge is -2.31. The first kappa shape index (κ1) is 34.9. The smallest absolute Gasteiger partial charge is 0.410 e. The molecule has 0 spiro atoms. The summed E-state index contributed by atoms with van der Waals surface area (Å²) >= 11 is 0. The fourth-order valence-corrected chi connectivity index (χ4v) is 5.20. The number of hydrogen-bond donors (Lipinski definition) is 1. The van der Waals surface area contributed by atoms with Crippen molar-refractivity contribution in [1.29, 1.82) is 0 Å². The van der Waals surface area contributed by atoms with E-state index in [0.717, 1.165) is 74.3 Å². The Balaban J connectivity index is 0.000000676. The highest BCUT2D eigenvalue weighted by Gasteiger charge is 2.26. The van der Waals surface area contributed by atoms with Gasteiger partial charge in [-0.3, -0.25) is 9.59 Å². The third kappa shape index (κ3) is 11.5. The summed E-state index contributed by atoms with van der Waals surface area (Å²) in [5.41, 5.74) is 3.11. The SMILES string of the molecule is CC(C)(C)OC=O.CNC(Cc1ccc(-c2ccc(OCC3CCN(C(=O)OC(C)C)CC3)cc2)cc1)C(=O)N1CCCC1. The molecular formula is C35H51N3O6. The molecule has 9 nitrogen and oxygen atoms in total. The number of likely N-dealkylation sites (tertiary alicyclic amines) is 2. The molecule has 2 aromatic rings. The number of carbonyl (C=O) groups excluding carboxylic acids is 3. The first-order chi connectivity index (χ1) is 21.0. The zero-order chi connectivity index (χ0) is 32.1. The second-order valence-corrected chi connectivity index (χ2v) is 12.8. The lowest BCUT2D eigenvalue weighted by molar-refractivity contribution is -0.138. The predicted molar refractivity (Wildman–Crippen MR) is 173 cm³/mol. The van der Waals surface area contributed by atoms with Gasteiger partial charge in [-0.2, -0.15) is 0 Å². The summed E-state index contributed by atoms with van der Waals surface area (Å²) in [4.78, 5) is 38.2. The Morgan fingerprint density at radius 1 is 0.909 bits per heavy atom. The van der Waals surface area contributed by atoms with E-state index in [4.69, 9.17) is 9.47 Å². The quantitative estimate of drug-likeness (QED) is 0.345. The van der Waals surface area contributed by atoms with Gasteiger partial charge in [-0.25, -0.2) is 4.79 Å². The van der Waals surface area contributed by atoms with Crippen LogP contribution in [0.5, 0.6) is 5.75 Å². The molecule has 0 radical (unpaired) electrons. The molecule has 2 aliphatic heterocycles. The van der Waals surface area contributed by atoms with Gasteiger partial charge in [-0.1, -0.05) is 36.4 Å². The van der Waals surface area contributed by atoms with Crippen LogP contribution in [0.2, 0.25) is 0 Å². The molecule has 4 rings (SSSR count).